The van der Waals surface area contributed by atoms with Crippen molar-refractivity contribution in [3.63, 3.8) is 0 Å². The first-order valence-corrected chi connectivity index (χ1v) is 6.24. The second kappa shape index (κ2) is 4.39. The van der Waals surface area contributed by atoms with Crippen molar-refractivity contribution in [2.75, 3.05) is 14.1 Å². The SMILES string of the molecule is Cc1ccc2c(ccn2CC(C)(C)N(C)C)c1F. The number of likely N-dealkylation sites (N-methyl/N-ethyl adjacent to an activating group) is 1. The topological polar surface area (TPSA) is 8.17 Å². The van der Waals surface area contributed by atoms with Crippen LogP contribution in [0.1, 0.15) is 19.4 Å². The fourth-order valence-electron chi connectivity index (χ4n) is 2.04. The van der Waals surface area contributed by atoms with E-state index in [1.54, 1.807) is 6.92 Å². The number of hydrogen-bond donors (Lipinski definition) is 0. The molecule has 0 amide bonds. The van der Waals surface area contributed by atoms with Crippen LogP contribution in [0.3, 0.4) is 0 Å². The summed E-state index contributed by atoms with van der Waals surface area (Å²) in [6.45, 7) is 7.01. The van der Waals surface area contributed by atoms with E-state index in [-0.39, 0.29) is 11.4 Å². The fraction of sp³-hybridized carbons (Fsp3) is 0.467. The number of halogens is 1. The molecule has 0 aliphatic heterocycles. The number of hydrogen-bond acceptors (Lipinski definition) is 1. The molecule has 3 heteroatoms. The Bertz CT molecular complexity index is 567. The molecule has 2 nitrogen and oxygen atoms in total. The normalized spacial score (nSPS) is 12.6. The molecule has 0 atom stereocenters. The van der Waals surface area contributed by atoms with E-state index in [0.29, 0.717) is 10.9 Å². The number of rotatable bonds is 3. The first-order valence-electron chi connectivity index (χ1n) is 6.24. The highest BCUT2D eigenvalue weighted by atomic mass is 19.1. The summed E-state index contributed by atoms with van der Waals surface area (Å²) < 4.78 is 16.1. The van der Waals surface area contributed by atoms with E-state index in [0.717, 1.165) is 12.1 Å². The van der Waals surface area contributed by atoms with Gasteiger partial charge in [-0.1, -0.05) is 6.07 Å². The van der Waals surface area contributed by atoms with Gasteiger partial charge in [0.15, 0.2) is 0 Å². The largest absolute Gasteiger partial charge is 0.346 e. The second-order valence-electron chi connectivity index (χ2n) is 5.78. The number of aryl methyl sites for hydroxylation is 1. The van der Waals surface area contributed by atoms with Gasteiger partial charge in [0, 0.05) is 23.7 Å². The molecule has 0 fully saturated rings. The van der Waals surface area contributed by atoms with Gasteiger partial charge in [-0.05, 0) is 52.6 Å². The maximum absolute atomic E-state index is 14.0. The molecule has 0 bridgehead atoms. The minimum atomic E-state index is -0.103. The molecule has 0 N–H and O–H groups in total. The molecule has 0 radical (unpaired) electrons. The van der Waals surface area contributed by atoms with Gasteiger partial charge >= 0.3 is 0 Å². The lowest BCUT2D eigenvalue weighted by Gasteiger charge is -2.33. The maximum Gasteiger partial charge on any atom is 0.135 e. The van der Waals surface area contributed by atoms with Gasteiger partial charge in [-0.3, -0.25) is 0 Å². The highest BCUT2D eigenvalue weighted by Crippen LogP contribution is 2.24. The Kier molecular flexibility index (Phi) is 3.20. The van der Waals surface area contributed by atoms with E-state index in [9.17, 15) is 4.39 Å². The summed E-state index contributed by atoms with van der Waals surface area (Å²) in [7, 11) is 4.13. The number of nitrogens with zero attached hydrogens (tertiary/aromatic N) is 2. The summed E-state index contributed by atoms with van der Waals surface area (Å²) in [5.41, 5.74) is 1.70. The van der Waals surface area contributed by atoms with E-state index < -0.39 is 0 Å². The Morgan fingerprint density at radius 2 is 1.89 bits per heavy atom. The van der Waals surface area contributed by atoms with Gasteiger partial charge in [0.25, 0.3) is 0 Å². The van der Waals surface area contributed by atoms with Crippen LogP contribution in [0.15, 0.2) is 24.4 Å². The lowest BCUT2D eigenvalue weighted by Crippen LogP contribution is -2.41. The van der Waals surface area contributed by atoms with Gasteiger partial charge in [0.2, 0.25) is 0 Å². The Hall–Kier alpha value is -1.35. The van der Waals surface area contributed by atoms with Crippen LogP contribution < -0.4 is 0 Å². The van der Waals surface area contributed by atoms with Gasteiger partial charge in [-0.15, -0.1) is 0 Å². The summed E-state index contributed by atoms with van der Waals surface area (Å²) in [5.74, 6) is -0.103. The van der Waals surface area contributed by atoms with Crippen molar-refractivity contribution < 1.29 is 4.39 Å². The second-order valence-corrected chi connectivity index (χ2v) is 5.78. The molecule has 2 rings (SSSR count). The third-order valence-electron chi connectivity index (χ3n) is 3.85. The molecular formula is C15H21FN2. The van der Waals surface area contributed by atoms with Crippen LogP contribution in [0.2, 0.25) is 0 Å². The van der Waals surface area contributed by atoms with Gasteiger partial charge < -0.3 is 9.47 Å². The summed E-state index contributed by atoms with van der Waals surface area (Å²) in [4.78, 5) is 2.18. The molecular weight excluding hydrogens is 227 g/mol. The van der Waals surface area contributed by atoms with Crippen LogP contribution in [0.4, 0.5) is 4.39 Å². The van der Waals surface area contributed by atoms with Crippen LogP contribution in [-0.4, -0.2) is 29.1 Å². The molecule has 0 spiro atoms. The third-order valence-corrected chi connectivity index (χ3v) is 3.85. The predicted octanol–water partition coefficient (Wildman–Crippen LogP) is 3.43. The zero-order valence-electron chi connectivity index (χ0n) is 11.8. The van der Waals surface area contributed by atoms with Crippen molar-refractivity contribution in [3.05, 3.63) is 35.8 Å². The molecule has 0 saturated heterocycles. The molecule has 2 aromatic rings. The first-order chi connectivity index (χ1) is 8.33. The van der Waals surface area contributed by atoms with Crippen LogP contribution in [0, 0.1) is 12.7 Å². The van der Waals surface area contributed by atoms with E-state index >= 15 is 0 Å². The van der Waals surface area contributed by atoms with Gasteiger partial charge in [-0.2, -0.15) is 0 Å². The molecule has 1 heterocycles. The van der Waals surface area contributed by atoms with Crippen molar-refractivity contribution in [2.45, 2.75) is 32.9 Å². The van der Waals surface area contributed by atoms with Crippen LogP contribution >= 0.6 is 0 Å². The quantitative estimate of drug-likeness (QED) is 0.808. The maximum atomic E-state index is 14.0. The summed E-state index contributed by atoms with van der Waals surface area (Å²) in [6, 6.07) is 5.71. The van der Waals surface area contributed by atoms with E-state index in [4.69, 9.17) is 0 Å². The Morgan fingerprint density at radius 1 is 1.22 bits per heavy atom. The molecule has 18 heavy (non-hydrogen) atoms. The minimum Gasteiger partial charge on any atom is -0.346 e. The first kappa shape index (κ1) is 13.1. The lowest BCUT2D eigenvalue weighted by atomic mass is 10.0. The summed E-state index contributed by atoms with van der Waals surface area (Å²) >= 11 is 0. The van der Waals surface area contributed by atoms with Crippen LogP contribution in [-0.2, 0) is 6.54 Å². The van der Waals surface area contributed by atoms with Crippen molar-refractivity contribution in [3.8, 4) is 0 Å². The van der Waals surface area contributed by atoms with E-state index in [1.165, 1.54) is 0 Å². The number of benzene rings is 1. The van der Waals surface area contributed by atoms with Gasteiger partial charge in [0.1, 0.15) is 5.82 Å². The van der Waals surface area contributed by atoms with Crippen LogP contribution in [0.5, 0.6) is 0 Å². The van der Waals surface area contributed by atoms with Gasteiger partial charge in [-0.25, -0.2) is 4.39 Å². The average Bonchev–Trinajstić information content (AvgIpc) is 2.67. The zero-order valence-corrected chi connectivity index (χ0v) is 11.8. The van der Waals surface area contributed by atoms with Crippen molar-refractivity contribution >= 4 is 10.9 Å². The Labute approximate surface area is 108 Å². The smallest absolute Gasteiger partial charge is 0.135 e. The average molecular weight is 248 g/mol. The van der Waals surface area contributed by atoms with Crippen LogP contribution in [0.25, 0.3) is 10.9 Å². The van der Waals surface area contributed by atoms with E-state index in [1.807, 2.05) is 24.4 Å². The highest BCUT2D eigenvalue weighted by Gasteiger charge is 2.22. The standard InChI is InChI=1S/C15H21FN2/c1-11-6-7-13-12(14(11)16)8-9-18(13)10-15(2,3)17(4)5/h6-9H,10H2,1-5H3. The number of fused-ring (bicyclic) bond motifs is 1. The monoisotopic (exact) mass is 248 g/mol. The molecule has 98 valence electrons. The summed E-state index contributed by atoms with van der Waals surface area (Å²) in [5, 5.41) is 0.713. The summed E-state index contributed by atoms with van der Waals surface area (Å²) in [6.07, 6.45) is 1.97. The zero-order chi connectivity index (χ0) is 13.5. The minimum absolute atomic E-state index is 0.0350. The predicted molar refractivity (Wildman–Crippen MR) is 74.4 cm³/mol. The van der Waals surface area contributed by atoms with Crippen molar-refractivity contribution in [2.24, 2.45) is 0 Å². The lowest BCUT2D eigenvalue weighted by molar-refractivity contribution is 0.171. The Morgan fingerprint density at radius 3 is 2.50 bits per heavy atom. The highest BCUT2D eigenvalue weighted by molar-refractivity contribution is 5.81. The molecule has 0 unspecified atom stereocenters. The van der Waals surface area contributed by atoms with Crippen molar-refractivity contribution in [1.29, 1.82) is 0 Å². The molecule has 1 aromatic carbocycles. The molecule has 0 aliphatic carbocycles. The van der Waals surface area contributed by atoms with E-state index in [2.05, 4.69) is 37.4 Å². The molecule has 0 aliphatic rings. The molecule has 0 saturated carbocycles. The number of aromatic nitrogens is 1. The van der Waals surface area contributed by atoms with Gasteiger partial charge in [0.05, 0.1) is 5.52 Å². The fourth-order valence-corrected chi connectivity index (χ4v) is 2.04. The third kappa shape index (κ3) is 2.15. The van der Waals surface area contributed by atoms with Crippen molar-refractivity contribution in [1.82, 2.24) is 9.47 Å². The Balaban J connectivity index is 2.45. The molecule has 1 aromatic heterocycles.